The second-order valence-electron chi connectivity index (χ2n) is 6.72. The molecule has 1 amide bonds. The number of sulfonamides is 1. The summed E-state index contributed by atoms with van der Waals surface area (Å²) in [7, 11) is -3.98. The Kier molecular flexibility index (Phi) is 5.12. The molecular weight excluding hydrogens is 432 g/mol. The largest absolute Gasteiger partial charge is 0.482 e. The first-order chi connectivity index (χ1) is 14.2. The summed E-state index contributed by atoms with van der Waals surface area (Å²) in [5, 5.41) is 3.74. The number of aryl methyl sites for hydroxylation is 2. The van der Waals surface area contributed by atoms with Crippen molar-refractivity contribution >= 4 is 38.9 Å². The van der Waals surface area contributed by atoms with E-state index in [2.05, 4.69) is 14.9 Å². The molecule has 3 aromatic rings. The van der Waals surface area contributed by atoms with E-state index in [-0.39, 0.29) is 34.7 Å². The summed E-state index contributed by atoms with van der Waals surface area (Å²) in [6.45, 7) is 3.33. The molecule has 4 rings (SSSR count). The predicted octanol–water partition coefficient (Wildman–Crippen LogP) is 3.07. The summed E-state index contributed by atoms with van der Waals surface area (Å²) >= 11 is 6.29. The summed E-state index contributed by atoms with van der Waals surface area (Å²) in [5.41, 5.74) is 1.73. The number of fused-ring (bicyclic) bond motifs is 1. The molecule has 0 radical (unpaired) electrons. The molecule has 1 aromatic heterocycles. The van der Waals surface area contributed by atoms with Gasteiger partial charge in [0.05, 0.1) is 17.3 Å². The molecule has 30 heavy (non-hydrogen) atoms. The van der Waals surface area contributed by atoms with Gasteiger partial charge < -0.3 is 9.26 Å². The Morgan fingerprint density at radius 3 is 2.60 bits per heavy atom. The number of halogens is 1. The van der Waals surface area contributed by atoms with Crippen molar-refractivity contribution in [2.45, 2.75) is 25.3 Å². The van der Waals surface area contributed by atoms with Crippen molar-refractivity contribution in [2.24, 2.45) is 0 Å². The average Bonchev–Trinajstić information content (AvgIpc) is 3.10. The maximum absolute atomic E-state index is 12.9. The zero-order chi connectivity index (χ0) is 21.5. The lowest BCUT2D eigenvalue weighted by Crippen LogP contribution is -2.38. The van der Waals surface area contributed by atoms with Gasteiger partial charge in [-0.25, -0.2) is 8.42 Å². The van der Waals surface area contributed by atoms with Gasteiger partial charge in [-0.3, -0.25) is 14.4 Å². The molecule has 2 heterocycles. The Hall–Kier alpha value is -3.11. The summed E-state index contributed by atoms with van der Waals surface area (Å²) in [6.07, 6.45) is 0. The molecule has 0 saturated heterocycles. The Balaban J connectivity index is 1.68. The lowest BCUT2D eigenvalue weighted by atomic mass is 10.2. The van der Waals surface area contributed by atoms with Crippen LogP contribution < -0.4 is 14.4 Å². The molecule has 0 unspecified atom stereocenters. The van der Waals surface area contributed by atoms with Crippen LogP contribution in [0.3, 0.4) is 0 Å². The number of aromatic nitrogens is 2. The van der Waals surface area contributed by atoms with Crippen molar-refractivity contribution in [2.75, 3.05) is 16.2 Å². The van der Waals surface area contributed by atoms with E-state index >= 15 is 0 Å². The fourth-order valence-corrected chi connectivity index (χ4v) is 4.56. The van der Waals surface area contributed by atoms with E-state index in [1.54, 1.807) is 31.2 Å². The maximum Gasteiger partial charge on any atom is 0.265 e. The van der Waals surface area contributed by atoms with Gasteiger partial charge in [-0.15, -0.1) is 0 Å². The Morgan fingerprint density at radius 2 is 1.93 bits per heavy atom. The highest BCUT2D eigenvalue weighted by Crippen LogP contribution is 2.39. The van der Waals surface area contributed by atoms with Crippen molar-refractivity contribution in [3.8, 4) is 5.75 Å². The number of carbonyl (C=O) groups is 1. The predicted molar refractivity (Wildman–Crippen MR) is 109 cm³/mol. The number of anilines is 2. The first kappa shape index (κ1) is 20.2. The van der Waals surface area contributed by atoms with E-state index in [1.807, 2.05) is 6.92 Å². The number of hydrogen-bond donors (Lipinski definition) is 1. The van der Waals surface area contributed by atoms with E-state index < -0.39 is 10.0 Å². The lowest BCUT2D eigenvalue weighted by Gasteiger charge is -2.29. The monoisotopic (exact) mass is 448 g/mol. The third kappa shape index (κ3) is 3.96. The first-order valence-electron chi connectivity index (χ1n) is 8.88. The summed E-state index contributed by atoms with van der Waals surface area (Å²) < 4.78 is 38.6. The van der Waals surface area contributed by atoms with Crippen LogP contribution >= 0.6 is 11.6 Å². The molecule has 1 aliphatic rings. The topological polar surface area (TPSA) is 115 Å². The quantitative estimate of drug-likeness (QED) is 0.637. The van der Waals surface area contributed by atoms with Crippen LogP contribution in [-0.4, -0.2) is 31.1 Å². The molecular formula is C19H17ClN4O5S. The van der Waals surface area contributed by atoms with Gasteiger partial charge in [-0.05, 0) is 25.1 Å². The highest BCUT2D eigenvalue weighted by atomic mass is 35.5. The fourth-order valence-electron chi connectivity index (χ4n) is 2.96. The van der Waals surface area contributed by atoms with Crippen molar-refractivity contribution in [1.82, 2.24) is 10.1 Å². The Labute approximate surface area is 177 Å². The molecule has 0 bridgehead atoms. The second-order valence-corrected chi connectivity index (χ2v) is 8.78. The number of amides is 1. The third-order valence-electron chi connectivity index (χ3n) is 4.42. The average molecular weight is 449 g/mol. The van der Waals surface area contributed by atoms with Gasteiger partial charge >= 0.3 is 0 Å². The lowest BCUT2D eigenvalue weighted by molar-refractivity contribution is -0.121. The van der Waals surface area contributed by atoms with Crippen LogP contribution in [0.5, 0.6) is 5.75 Å². The Bertz CT molecular complexity index is 1220. The van der Waals surface area contributed by atoms with Crippen LogP contribution in [0, 0.1) is 13.8 Å². The molecule has 0 spiro atoms. The van der Waals surface area contributed by atoms with Crippen LogP contribution in [0.1, 0.15) is 17.3 Å². The van der Waals surface area contributed by atoms with Gasteiger partial charge in [0.2, 0.25) is 5.89 Å². The molecule has 11 heteroatoms. The number of nitrogens with zero attached hydrogens (tertiary/aromatic N) is 3. The second kappa shape index (κ2) is 7.62. The molecule has 9 nitrogen and oxygen atoms in total. The van der Waals surface area contributed by atoms with Gasteiger partial charge in [-0.1, -0.05) is 34.5 Å². The SMILES string of the molecule is Cc1ccc(NS(=O)(=O)c2cc3c(cc2Cl)N(Cc2noc(C)n2)C(=O)CO3)cc1. The highest BCUT2D eigenvalue weighted by Gasteiger charge is 2.30. The van der Waals surface area contributed by atoms with Crippen LogP contribution in [0.4, 0.5) is 11.4 Å². The first-order valence-corrected chi connectivity index (χ1v) is 10.7. The van der Waals surface area contributed by atoms with Gasteiger partial charge in [0.15, 0.2) is 12.4 Å². The highest BCUT2D eigenvalue weighted by molar-refractivity contribution is 7.92. The number of nitrogens with one attached hydrogen (secondary N) is 1. The Morgan fingerprint density at radius 1 is 1.20 bits per heavy atom. The van der Waals surface area contributed by atoms with E-state index in [4.69, 9.17) is 20.9 Å². The number of hydrogen-bond acceptors (Lipinski definition) is 7. The van der Waals surface area contributed by atoms with Crippen molar-refractivity contribution in [1.29, 1.82) is 0 Å². The van der Waals surface area contributed by atoms with Gasteiger partial charge in [0.25, 0.3) is 15.9 Å². The van der Waals surface area contributed by atoms with Gasteiger partial charge in [0, 0.05) is 18.7 Å². The van der Waals surface area contributed by atoms with Crippen LogP contribution in [0.2, 0.25) is 5.02 Å². The normalized spacial score (nSPS) is 13.7. The summed E-state index contributed by atoms with van der Waals surface area (Å²) in [4.78, 5) is 17.7. The zero-order valence-corrected chi connectivity index (χ0v) is 17.6. The van der Waals surface area contributed by atoms with Crippen LogP contribution in [0.25, 0.3) is 0 Å². The van der Waals surface area contributed by atoms with Crippen LogP contribution in [0.15, 0.2) is 45.8 Å². The minimum Gasteiger partial charge on any atom is -0.482 e. The number of benzene rings is 2. The fraction of sp³-hybridized carbons (Fsp3) is 0.211. The molecule has 0 atom stereocenters. The third-order valence-corrected chi connectivity index (χ3v) is 6.26. The molecule has 1 N–H and O–H groups in total. The van der Waals surface area contributed by atoms with E-state index in [0.29, 0.717) is 23.1 Å². The molecule has 0 fully saturated rings. The van der Waals surface area contributed by atoms with Crippen molar-refractivity contribution in [3.05, 3.63) is 58.7 Å². The van der Waals surface area contributed by atoms with Crippen LogP contribution in [-0.2, 0) is 21.4 Å². The van der Waals surface area contributed by atoms with E-state index in [9.17, 15) is 13.2 Å². The standard InChI is InChI=1S/C19H17ClN4O5S/c1-11-3-5-13(6-4-11)23-30(26,27)17-8-16-15(7-14(17)20)24(19(25)10-28-16)9-18-21-12(2)29-22-18/h3-8,23H,9-10H2,1-2H3. The molecule has 2 aromatic carbocycles. The summed E-state index contributed by atoms with van der Waals surface area (Å²) in [5.74, 6) is 0.549. The molecule has 0 saturated carbocycles. The molecule has 1 aliphatic heterocycles. The van der Waals surface area contributed by atoms with Crippen molar-refractivity contribution < 1.29 is 22.5 Å². The van der Waals surface area contributed by atoms with Crippen molar-refractivity contribution in [3.63, 3.8) is 0 Å². The number of carbonyl (C=O) groups excluding carboxylic acids is 1. The maximum atomic E-state index is 12.9. The number of rotatable bonds is 5. The molecule has 156 valence electrons. The minimum absolute atomic E-state index is 0.0383. The van der Waals surface area contributed by atoms with E-state index in [1.165, 1.54) is 17.0 Å². The number of ether oxygens (including phenoxy) is 1. The summed E-state index contributed by atoms with van der Waals surface area (Å²) in [6, 6.07) is 9.57. The van der Waals surface area contributed by atoms with Gasteiger partial charge in [-0.2, -0.15) is 4.98 Å². The zero-order valence-electron chi connectivity index (χ0n) is 16.0. The van der Waals surface area contributed by atoms with E-state index in [0.717, 1.165) is 5.56 Å². The minimum atomic E-state index is -3.98. The molecule has 0 aliphatic carbocycles. The van der Waals surface area contributed by atoms with Gasteiger partial charge in [0.1, 0.15) is 10.6 Å². The smallest absolute Gasteiger partial charge is 0.265 e.